The minimum Gasteiger partial charge on any atom is -0.372 e. The predicted octanol–water partition coefficient (Wildman–Crippen LogP) is 6.62. The Hall–Kier alpha value is -3.20. The second-order valence-electron chi connectivity index (χ2n) is 10.6. The number of hydroxylamine groups is 2. The summed E-state index contributed by atoms with van der Waals surface area (Å²) in [5, 5.41) is 4.71. The molecule has 0 spiro atoms. The molecule has 2 aromatic carbocycles. The Kier molecular flexibility index (Phi) is 11.3. The normalized spacial score (nSPS) is 11.5. The fourth-order valence-corrected chi connectivity index (χ4v) is 5.14. The molecule has 1 N–H and O–H groups in total. The molecule has 0 fully saturated rings. The molecule has 0 radical (unpaired) electrons. The molecule has 0 saturated heterocycles. The molecule has 3 rings (SSSR count). The maximum Gasteiger partial charge on any atom is 0.255 e. The molecular formula is C32H42N4O3S. The van der Waals surface area contributed by atoms with Crippen molar-refractivity contribution in [3.8, 4) is 11.3 Å². The second kappa shape index (κ2) is 14.4. The molecule has 0 aliphatic rings. The van der Waals surface area contributed by atoms with Crippen LogP contribution in [-0.4, -0.2) is 59.8 Å². The monoisotopic (exact) mass is 562 g/mol. The van der Waals surface area contributed by atoms with E-state index >= 15 is 0 Å². The lowest BCUT2D eigenvalue weighted by molar-refractivity contribution is -0.155. The van der Waals surface area contributed by atoms with Crippen molar-refractivity contribution in [3.63, 3.8) is 0 Å². The Balaban J connectivity index is 1.75. The molecule has 0 aliphatic heterocycles. The van der Waals surface area contributed by atoms with Crippen LogP contribution in [0.5, 0.6) is 0 Å². The largest absolute Gasteiger partial charge is 0.372 e. The third-order valence-electron chi connectivity index (χ3n) is 6.47. The summed E-state index contributed by atoms with van der Waals surface area (Å²) in [6, 6.07) is 17.9. The van der Waals surface area contributed by atoms with Gasteiger partial charge in [-0.2, -0.15) is 5.06 Å². The average molecular weight is 563 g/mol. The lowest BCUT2D eigenvalue weighted by Gasteiger charge is -2.26. The van der Waals surface area contributed by atoms with Gasteiger partial charge in [-0.3, -0.25) is 19.4 Å². The highest BCUT2D eigenvalue weighted by Crippen LogP contribution is 2.33. The number of anilines is 2. The summed E-state index contributed by atoms with van der Waals surface area (Å²) in [6.07, 6.45) is 1.80. The van der Waals surface area contributed by atoms with Crippen molar-refractivity contribution in [3.05, 3.63) is 77.5 Å². The first-order valence-electron chi connectivity index (χ1n) is 13.7. The van der Waals surface area contributed by atoms with E-state index in [0.717, 1.165) is 52.6 Å². The zero-order valence-corrected chi connectivity index (χ0v) is 25.6. The molecule has 8 heteroatoms. The van der Waals surface area contributed by atoms with Gasteiger partial charge in [-0.15, -0.1) is 11.8 Å². The van der Waals surface area contributed by atoms with Gasteiger partial charge < -0.3 is 10.2 Å². The zero-order chi connectivity index (χ0) is 29.3. The van der Waals surface area contributed by atoms with Crippen LogP contribution in [0.1, 0.15) is 56.1 Å². The van der Waals surface area contributed by atoms with E-state index in [0.29, 0.717) is 12.2 Å². The number of aryl methyl sites for hydroxylation is 1. The number of aromatic nitrogens is 1. The van der Waals surface area contributed by atoms with Crippen LogP contribution in [0, 0.1) is 6.92 Å². The molecule has 0 saturated carbocycles. The van der Waals surface area contributed by atoms with Gasteiger partial charge in [0.15, 0.2) is 0 Å². The second-order valence-corrected chi connectivity index (χ2v) is 12.3. The number of Topliss-reactive ketones (excluding diaryl/α,β-unsaturated/α-hetero) is 1. The Morgan fingerprint density at radius 3 is 2.48 bits per heavy atom. The number of carbonyl (C=O) groups is 2. The third-order valence-corrected chi connectivity index (χ3v) is 7.84. The molecular weight excluding hydrogens is 520 g/mol. The van der Waals surface area contributed by atoms with Gasteiger partial charge in [0.05, 0.1) is 24.5 Å². The first kappa shape index (κ1) is 31.3. The molecule has 0 aliphatic carbocycles. The minimum atomic E-state index is -0.175. The fraction of sp³-hybridized carbons (Fsp3) is 0.406. The van der Waals surface area contributed by atoms with Crippen LogP contribution in [0.4, 0.5) is 11.4 Å². The molecule has 40 heavy (non-hydrogen) atoms. The number of rotatable bonds is 14. The highest BCUT2D eigenvalue weighted by Gasteiger charge is 2.21. The number of amides is 1. The third kappa shape index (κ3) is 9.18. The molecule has 0 bridgehead atoms. The van der Waals surface area contributed by atoms with E-state index < -0.39 is 0 Å². The quantitative estimate of drug-likeness (QED) is 0.221. The number of benzene rings is 2. The highest BCUT2D eigenvalue weighted by atomic mass is 32.2. The molecule has 1 aromatic heterocycles. The summed E-state index contributed by atoms with van der Waals surface area (Å²) < 4.78 is -0.175. The van der Waals surface area contributed by atoms with Crippen LogP contribution >= 0.6 is 11.8 Å². The van der Waals surface area contributed by atoms with Crippen molar-refractivity contribution in [2.75, 3.05) is 43.5 Å². The standard InChI is InChI=1S/C32H42N4O3S/c1-8-36(9-2)27-13-14-29(28(19-27)30-17-23(3)15-16-33-30)34-31(38)26-12-10-11-25(18-26)21-40-32(5,6)22-39-35(7)20-24(4)37/h10-19H,8-9,20-22H2,1-7H3,(H,34,38). The maximum atomic E-state index is 13.4. The Morgan fingerprint density at radius 1 is 1.05 bits per heavy atom. The van der Waals surface area contributed by atoms with E-state index in [1.807, 2.05) is 55.5 Å². The molecule has 0 atom stereocenters. The van der Waals surface area contributed by atoms with Crippen molar-refractivity contribution < 1.29 is 14.4 Å². The van der Waals surface area contributed by atoms with Gasteiger partial charge in [0.25, 0.3) is 5.91 Å². The predicted molar refractivity (Wildman–Crippen MR) is 167 cm³/mol. The van der Waals surface area contributed by atoms with Gasteiger partial charge in [-0.1, -0.05) is 12.1 Å². The van der Waals surface area contributed by atoms with Crippen LogP contribution in [0.15, 0.2) is 60.8 Å². The Labute approximate surface area is 243 Å². The topological polar surface area (TPSA) is 74.8 Å². The van der Waals surface area contributed by atoms with Crippen molar-refractivity contribution in [2.24, 2.45) is 0 Å². The van der Waals surface area contributed by atoms with E-state index in [1.54, 1.807) is 37.0 Å². The molecule has 1 heterocycles. The molecule has 214 valence electrons. The number of nitrogens with zero attached hydrogens (tertiary/aromatic N) is 3. The zero-order valence-electron chi connectivity index (χ0n) is 24.8. The van der Waals surface area contributed by atoms with Crippen LogP contribution in [0.2, 0.25) is 0 Å². The molecule has 3 aromatic rings. The fourth-order valence-electron chi connectivity index (χ4n) is 4.26. The highest BCUT2D eigenvalue weighted by molar-refractivity contribution is 7.99. The summed E-state index contributed by atoms with van der Waals surface area (Å²) in [7, 11) is 1.77. The Bertz CT molecular complexity index is 1310. The van der Waals surface area contributed by atoms with Crippen molar-refractivity contribution in [1.82, 2.24) is 10.0 Å². The number of thioether (sulfide) groups is 1. The number of pyridine rings is 1. The van der Waals surface area contributed by atoms with Crippen LogP contribution in [0.3, 0.4) is 0 Å². The summed E-state index contributed by atoms with van der Waals surface area (Å²) in [6.45, 7) is 14.6. The lowest BCUT2D eigenvalue weighted by Crippen LogP contribution is -2.32. The number of carbonyl (C=O) groups excluding carboxylic acids is 2. The van der Waals surface area contributed by atoms with Crippen LogP contribution in [0.25, 0.3) is 11.3 Å². The van der Waals surface area contributed by atoms with Crippen molar-refractivity contribution in [1.29, 1.82) is 0 Å². The first-order chi connectivity index (χ1) is 19.0. The first-order valence-corrected chi connectivity index (χ1v) is 14.7. The van der Waals surface area contributed by atoms with Gasteiger partial charge in [0, 0.05) is 53.6 Å². The summed E-state index contributed by atoms with van der Waals surface area (Å²) in [4.78, 5) is 37.3. The average Bonchev–Trinajstić information content (AvgIpc) is 2.92. The summed E-state index contributed by atoms with van der Waals surface area (Å²) in [5.74, 6) is 0.625. The van der Waals surface area contributed by atoms with Gasteiger partial charge in [0.1, 0.15) is 5.78 Å². The lowest BCUT2D eigenvalue weighted by atomic mass is 10.0. The number of hydrogen-bond donors (Lipinski definition) is 1. The number of nitrogens with one attached hydrogen (secondary N) is 1. The SMILES string of the molecule is CCN(CC)c1ccc(NC(=O)c2cccc(CSC(C)(C)CON(C)CC(C)=O)c2)c(-c2cc(C)ccn2)c1. The maximum absolute atomic E-state index is 13.4. The summed E-state index contributed by atoms with van der Waals surface area (Å²) >= 11 is 1.75. The van der Waals surface area contributed by atoms with E-state index in [4.69, 9.17) is 4.84 Å². The Morgan fingerprint density at radius 2 is 1.80 bits per heavy atom. The van der Waals surface area contributed by atoms with E-state index in [9.17, 15) is 9.59 Å². The minimum absolute atomic E-state index is 0.0603. The van der Waals surface area contributed by atoms with Gasteiger partial charge in [-0.25, -0.2) is 0 Å². The number of ketones is 1. The van der Waals surface area contributed by atoms with Crippen LogP contribution < -0.4 is 10.2 Å². The van der Waals surface area contributed by atoms with E-state index in [2.05, 4.69) is 49.0 Å². The van der Waals surface area contributed by atoms with E-state index in [1.165, 1.54) is 0 Å². The van der Waals surface area contributed by atoms with Crippen LogP contribution in [-0.2, 0) is 15.4 Å². The molecule has 1 amide bonds. The summed E-state index contributed by atoms with van der Waals surface area (Å²) in [5.41, 5.74) is 6.31. The smallest absolute Gasteiger partial charge is 0.255 e. The van der Waals surface area contributed by atoms with Crippen molar-refractivity contribution in [2.45, 2.75) is 52.0 Å². The van der Waals surface area contributed by atoms with Gasteiger partial charge in [-0.05, 0) is 95.1 Å². The molecule has 7 nitrogen and oxygen atoms in total. The molecule has 0 unspecified atom stereocenters. The van der Waals surface area contributed by atoms with Gasteiger partial charge >= 0.3 is 0 Å². The van der Waals surface area contributed by atoms with E-state index in [-0.39, 0.29) is 23.0 Å². The number of hydrogen-bond acceptors (Lipinski definition) is 7. The number of likely N-dealkylation sites (N-methyl/N-ethyl adjacent to an activating group) is 1. The van der Waals surface area contributed by atoms with Gasteiger partial charge in [0.2, 0.25) is 0 Å². The van der Waals surface area contributed by atoms with Crippen molar-refractivity contribution >= 4 is 34.8 Å².